The Balaban J connectivity index is 1.96. The number of carbonyl (C=O) groups excluding carboxylic acids is 2. The molecule has 192 valence electrons. The van der Waals surface area contributed by atoms with E-state index in [2.05, 4.69) is 17.6 Å². The van der Waals surface area contributed by atoms with Crippen LogP contribution in [0.15, 0.2) is 0 Å². The molecule has 34 heavy (non-hydrogen) atoms. The van der Waals surface area contributed by atoms with Crippen molar-refractivity contribution < 1.29 is 24.5 Å². The fourth-order valence-corrected chi connectivity index (χ4v) is 6.98. The Labute approximate surface area is 206 Å². The van der Waals surface area contributed by atoms with Crippen LogP contribution in [0.1, 0.15) is 76.8 Å². The number of hydrogen-bond acceptors (Lipinski definition) is 7. The quantitative estimate of drug-likeness (QED) is 0.411. The number of aliphatic hydroxyl groups is 2. The van der Waals surface area contributed by atoms with Gasteiger partial charge in [0.1, 0.15) is 0 Å². The fourth-order valence-electron chi connectivity index (χ4n) is 5.89. The van der Waals surface area contributed by atoms with Gasteiger partial charge in [-0.1, -0.05) is 34.6 Å². The van der Waals surface area contributed by atoms with E-state index in [1.807, 2.05) is 27.7 Å². The SMILES string of the molecule is COCCNC(=O)CC1c2nc(NC(=O)CC(C)(C)C)sc2CC2C(C)(CO)C(O)CCC12C. The van der Waals surface area contributed by atoms with Crippen molar-refractivity contribution in [3.8, 4) is 0 Å². The Morgan fingerprint density at radius 1 is 1.26 bits per heavy atom. The van der Waals surface area contributed by atoms with Crippen LogP contribution in [0, 0.1) is 22.2 Å². The Hall–Kier alpha value is -1.55. The number of aromatic nitrogens is 1. The minimum absolute atomic E-state index is 0.0170. The van der Waals surface area contributed by atoms with E-state index in [0.717, 1.165) is 17.0 Å². The second kappa shape index (κ2) is 10.2. The molecule has 0 radical (unpaired) electrons. The number of nitrogens with one attached hydrogen (secondary N) is 2. The molecule has 0 aromatic carbocycles. The third-order valence-corrected chi connectivity index (χ3v) is 8.86. The van der Waals surface area contributed by atoms with Crippen molar-refractivity contribution in [1.29, 1.82) is 0 Å². The van der Waals surface area contributed by atoms with E-state index in [1.165, 1.54) is 11.3 Å². The molecule has 5 atom stereocenters. The average molecular weight is 496 g/mol. The second-order valence-corrected chi connectivity index (χ2v) is 12.8. The second-order valence-electron chi connectivity index (χ2n) is 11.7. The minimum Gasteiger partial charge on any atom is -0.396 e. The summed E-state index contributed by atoms with van der Waals surface area (Å²) in [4.78, 5) is 31.3. The van der Waals surface area contributed by atoms with Crippen LogP contribution in [0.25, 0.3) is 0 Å². The van der Waals surface area contributed by atoms with Gasteiger partial charge >= 0.3 is 0 Å². The summed E-state index contributed by atoms with van der Waals surface area (Å²) in [6, 6.07) is 0. The van der Waals surface area contributed by atoms with Gasteiger partial charge in [0.15, 0.2) is 5.13 Å². The molecule has 2 aliphatic carbocycles. The van der Waals surface area contributed by atoms with E-state index < -0.39 is 11.5 Å². The highest BCUT2D eigenvalue weighted by Crippen LogP contribution is 2.62. The number of ether oxygens (including phenoxy) is 1. The fraction of sp³-hybridized carbons (Fsp3) is 0.800. The Bertz CT molecular complexity index is 898. The highest BCUT2D eigenvalue weighted by Gasteiger charge is 2.59. The molecule has 2 amide bonds. The van der Waals surface area contributed by atoms with E-state index in [0.29, 0.717) is 37.5 Å². The van der Waals surface area contributed by atoms with E-state index in [9.17, 15) is 19.8 Å². The summed E-state index contributed by atoms with van der Waals surface area (Å²) < 4.78 is 5.05. The lowest BCUT2D eigenvalue weighted by molar-refractivity contribution is -0.144. The predicted octanol–water partition coefficient (Wildman–Crippen LogP) is 3.09. The number of hydrogen-bond donors (Lipinski definition) is 4. The molecule has 1 aromatic heterocycles. The van der Waals surface area contributed by atoms with Crippen LogP contribution in [0.4, 0.5) is 5.13 Å². The third-order valence-electron chi connectivity index (χ3n) is 7.85. The maximum Gasteiger partial charge on any atom is 0.226 e. The molecule has 1 saturated carbocycles. The number of anilines is 1. The molecule has 8 nitrogen and oxygen atoms in total. The van der Waals surface area contributed by atoms with Gasteiger partial charge in [-0.25, -0.2) is 4.98 Å². The van der Waals surface area contributed by atoms with E-state index in [4.69, 9.17) is 9.72 Å². The monoisotopic (exact) mass is 495 g/mol. The maximum atomic E-state index is 12.9. The Morgan fingerprint density at radius 3 is 2.59 bits per heavy atom. The highest BCUT2D eigenvalue weighted by atomic mass is 32.1. The molecule has 0 spiro atoms. The first-order chi connectivity index (χ1) is 15.8. The summed E-state index contributed by atoms with van der Waals surface area (Å²) in [5.41, 5.74) is -0.253. The van der Waals surface area contributed by atoms with E-state index in [1.54, 1.807) is 7.11 Å². The van der Waals surface area contributed by atoms with Crippen molar-refractivity contribution >= 4 is 28.3 Å². The van der Waals surface area contributed by atoms with Crippen molar-refractivity contribution in [3.05, 3.63) is 10.6 Å². The Kier molecular flexibility index (Phi) is 8.12. The van der Waals surface area contributed by atoms with Crippen LogP contribution in [0.2, 0.25) is 0 Å². The van der Waals surface area contributed by atoms with Crippen molar-refractivity contribution in [2.45, 2.75) is 78.7 Å². The molecule has 5 unspecified atom stereocenters. The molecule has 0 saturated heterocycles. The molecule has 1 aromatic rings. The number of nitrogens with zero attached hydrogens (tertiary/aromatic N) is 1. The lowest BCUT2D eigenvalue weighted by Crippen LogP contribution is -2.57. The predicted molar refractivity (Wildman–Crippen MR) is 133 cm³/mol. The van der Waals surface area contributed by atoms with Crippen molar-refractivity contribution in [2.75, 3.05) is 32.2 Å². The first-order valence-corrected chi connectivity index (χ1v) is 13.0. The van der Waals surface area contributed by atoms with Gasteiger partial charge in [0.05, 0.1) is 25.0 Å². The van der Waals surface area contributed by atoms with E-state index in [-0.39, 0.29) is 47.5 Å². The van der Waals surface area contributed by atoms with Gasteiger partial charge in [-0.2, -0.15) is 0 Å². The van der Waals surface area contributed by atoms with Crippen molar-refractivity contribution in [3.63, 3.8) is 0 Å². The van der Waals surface area contributed by atoms with Crippen LogP contribution < -0.4 is 10.6 Å². The molecule has 1 heterocycles. The lowest BCUT2D eigenvalue weighted by atomic mass is 9.47. The molecular weight excluding hydrogens is 454 g/mol. The number of aliphatic hydroxyl groups excluding tert-OH is 2. The number of amides is 2. The van der Waals surface area contributed by atoms with Crippen LogP contribution >= 0.6 is 11.3 Å². The molecular formula is C25H41N3O5S. The molecule has 2 aliphatic rings. The number of carbonyl (C=O) groups is 2. The first-order valence-electron chi connectivity index (χ1n) is 12.2. The standard InChI is InChI=1S/C25H41N3O5S/c1-23(2,3)13-20(32)27-22-28-21-15(11-19(31)26-9-10-33-6)24(4)8-7-18(30)25(5,14-29)17(24)12-16(21)34-22/h15,17-18,29-30H,7-14H2,1-6H3,(H,26,31)(H,27,28,32). The van der Waals surface area contributed by atoms with Crippen LogP contribution in [0.3, 0.4) is 0 Å². The summed E-state index contributed by atoms with van der Waals surface area (Å²) in [5.74, 6) is -0.340. The van der Waals surface area contributed by atoms with Gasteiger partial charge in [0.2, 0.25) is 11.8 Å². The Morgan fingerprint density at radius 2 is 1.97 bits per heavy atom. The topological polar surface area (TPSA) is 121 Å². The average Bonchev–Trinajstić information content (AvgIpc) is 3.13. The molecule has 4 N–H and O–H groups in total. The summed E-state index contributed by atoms with van der Waals surface area (Å²) in [6.07, 6.45) is 2.02. The number of fused-ring (bicyclic) bond motifs is 2. The smallest absolute Gasteiger partial charge is 0.226 e. The van der Waals surface area contributed by atoms with Gasteiger partial charge in [0, 0.05) is 42.7 Å². The van der Waals surface area contributed by atoms with E-state index >= 15 is 0 Å². The minimum atomic E-state index is -0.672. The molecule has 0 bridgehead atoms. The lowest BCUT2D eigenvalue weighted by Gasteiger charge is -2.58. The number of methoxy groups -OCH3 is 1. The third kappa shape index (κ3) is 5.48. The van der Waals surface area contributed by atoms with Crippen molar-refractivity contribution in [1.82, 2.24) is 10.3 Å². The molecule has 3 rings (SSSR count). The zero-order chi connectivity index (χ0) is 25.3. The summed E-state index contributed by atoms with van der Waals surface area (Å²) >= 11 is 1.45. The highest BCUT2D eigenvalue weighted by molar-refractivity contribution is 7.15. The van der Waals surface area contributed by atoms with Crippen LogP contribution in [-0.2, 0) is 20.7 Å². The van der Waals surface area contributed by atoms with Crippen LogP contribution in [-0.4, -0.2) is 60.0 Å². The van der Waals surface area contributed by atoms with Gasteiger partial charge in [-0.05, 0) is 36.0 Å². The number of thiazole rings is 1. The zero-order valence-corrected chi connectivity index (χ0v) is 22.2. The molecule has 1 fully saturated rings. The normalized spacial score (nSPS) is 30.9. The first kappa shape index (κ1) is 27.0. The van der Waals surface area contributed by atoms with Gasteiger partial charge in [-0.15, -0.1) is 11.3 Å². The zero-order valence-electron chi connectivity index (χ0n) is 21.4. The maximum absolute atomic E-state index is 12.9. The largest absolute Gasteiger partial charge is 0.396 e. The van der Waals surface area contributed by atoms with Gasteiger partial charge in [0.25, 0.3) is 0 Å². The summed E-state index contributed by atoms with van der Waals surface area (Å²) in [7, 11) is 1.60. The summed E-state index contributed by atoms with van der Waals surface area (Å²) in [6.45, 7) is 10.9. The van der Waals surface area contributed by atoms with Crippen molar-refractivity contribution in [2.24, 2.45) is 22.2 Å². The number of rotatable bonds is 8. The van der Waals surface area contributed by atoms with Gasteiger partial charge < -0.3 is 25.6 Å². The summed E-state index contributed by atoms with van der Waals surface area (Å²) in [5, 5.41) is 27.6. The van der Waals surface area contributed by atoms with Gasteiger partial charge in [-0.3, -0.25) is 9.59 Å². The molecule has 9 heteroatoms. The van der Waals surface area contributed by atoms with Crippen LogP contribution in [0.5, 0.6) is 0 Å². The molecule has 0 aliphatic heterocycles.